The Morgan fingerprint density at radius 1 is 0.929 bits per heavy atom. The van der Waals surface area contributed by atoms with Gasteiger partial charge < -0.3 is 20.0 Å². The maximum absolute atomic E-state index is 13.1. The number of pyridine rings is 2. The standard InChI is InChI=1S/C29H37N7O4S2/c1-18(2)31-24(37)16-22-28(39)34(4)21-8-7-19(32-27(21)42-22)9-11-35-12-14-36(15-13-35)25(38)17-23-29(40)33(3)20-6-5-10-30-26(20)41-23/h5-8,10,18,22-23H,9,11-17H2,1-4H3,(H,31,37). The van der Waals surface area contributed by atoms with E-state index < -0.39 is 10.5 Å². The lowest BCUT2D eigenvalue weighted by atomic mass is 10.2. The zero-order valence-electron chi connectivity index (χ0n) is 24.4. The lowest BCUT2D eigenvalue weighted by Gasteiger charge is -2.36. The summed E-state index contributed by atoms with van der Waals surface area (Å²) in [5, 5.41) is 3.45. The quantitative estimate of drug-likeness (QED) is 0.478. The summed E-state index contributed by atoms with van der Waals surface area (Å²) in [5.41, 5.74) is 2.48. The fraction of sp³-hybridized carbons (Fsp3) is 0.517. The summed E-state index contributed by atoms with van der Waals surface area (Å²) in [5.74, 6) is -0.297. The van der Waals surface area contributed by atoms with Crippen LogP contribution in [0.4, 0.5) is 11.4 Å². The van der Waals surface area contributed by atoms with Crippen molar-refractivity contribution in [2.45, 2.75) is 59.7 Å². The highest BCUT2D eigenvalue weighted by Gasteiger charge is 2.36. The molecule has 0 aromatic carbocycles. The Morgan fingerprint density at radius 2 is 1.57 bits per heavy atom. The van der Waals surface area contributed by atoms with Crippen molar-refractivity contribution in [3.8, 4) is 0 Å². The number of amides is 4. The first kappa shape index (κ1) is 30.3. The number of hydrogen-bond acceptors (Lipinski definition) is 9. The van der Waals surface area contributed by atoms with E-state index in [1.165, 1.54) is 23.5 Å². The number of anilines is 2. The molecule has 0 aliphatic carbocycles. The molecular weight excluding hydrogens is 574 g/mol. The summed E-state index contributed by atoms with van der Waals surface area (Å²) in [6.07, 6.45) is 2.73. The highest BCUT2D eigenvalue weighted by molar-refractivity contribution is 8.01. The van der Waals surface area contributed by atoms with Crippen molar-refractivity contribution in [1.29, 1.82) is 0 Å². The molecule has 0 spiro atoms. The van der Waals surface area contributed by atoms with Crippen LogP contribution >= 0.6 is 23.5 Å². The first-order valence-corrected chi connectivity index (χ1v) is 16.0. The largest absolute Gasteiger partial charge is 0.354 e. The molecule has 1 N–H and O–H groups in total. The first-order valence-electron chi connectivity index (χ1n) is 14.2. The molecule has 0 saturated carbocycles. The molecule has 4 amide bonds. The van der Waals surface area contributed by atoms with Crippen LogP contribution < -0.4 is 15.1 Å². The maximum atomic E-state index is 13.1. The number of aromatic nitrogens is 2. The average Bonchev–Trinajstić information content (AvgIpc) is 2.97. The number of thioether (sulfide) groups is 2. The van der Waals surface area contributed by atoms with Gasteiger partial charge in [0.05, 0.1) is 21.9 Å². The third kappa shape index (κ3) is 6.73. The monoisotopic (exact) mass is 611 g/mol. The van der Waals surface area contributed by atoms with E-state index in [0.29, 0.717) is 13.1 Å². The van der Waals surface area contributed by atoms with Crippen LogP contribution in [0.25, 0.3) is 0 Å². The van der Waals surface area contributed by atoms with Gasteiger partial charge in [-0.2, -0.15) is 0 Å². The van der Waals surface area contributed by atoms with Crippen molar-refractivity contribution in [1.82, 2.24) is 25.1 Å². The third-order valence-electron chi connectivity index (χ3n) is 7.68. The van der Waals surface area contributed by atoms with Gasteiger partial charge in [-0.05, 0) is 38.1 Å². The number of nitrogens with zero attached hydrogens (tertiary/aromatic N) is 6. The number of fused-ring (bicyclic) bond motifs is 2. The fourth-order valence-corrected chi connectivity index (χ4v) is 7.77. The molecule has 2 atom stereocenters. The SMILES string of the molecule is CC(C)NC(=O)CC1Sc2nc(CCN3CCN(C(=O)CC4Sc5ncccc5N(C)C4=O)CC3)ccc2N(C)C1=O. The zero-order chi connectivity index (χ0) is 30.0. The Hall–Kier alpha value is -3.16. The van der Waals surface area contributed by atoms with E-state index in [-0.39, 0.29) is 42.5 Å². The normalized spacial score (nSPS) is 20.9. The van der Waals surface area contributed by atoms with Gasteiger partial charge in [-0.3, -0.25) is 24.1 Å². The molecular formula is C29H37N7O4S2. The Labute approximate surface area is 254 Å². The predicted molar refractivity (Wildman–Crippen MR) is 164 cm³/mol. The maximum Gasteiger partial charge on any atom is 0.240 e. The van der Waals surface area contributed by atoms with Crippen LogP contribution in [-0.4, -0.2) is 107 Å². The summed E-state index contributed by atoms with van der Waals surface area (Å²) in [7, 11) is 3.46. The van der Waals surface area contributed by atoms with Gasteiger partial charge >= 0.3 is 0 Å². The summed E-state index contributed by atoms with van der Waals surface area (Å²) in [4.78, 5) is 67.7. The van der Waals surface area contributed by atoms with Crippen molar-refractivity contribution in [3.63, 3.8) is 0 Å². The van der Waals surface area contributed by atoms with E-state index in [9.17, 15) is 19.2 Å². The minimum atomic E-state index is -0.497. The second-order valence-electron chi connectivity index (χ2n) is 11.1. The zero-order valence-corrected chi connectivity index (χ0v) is 26.0. The molecule has 1 saturated heterocycles. The molecule has 42 heavy (non-hydrogen) atoms. The molecule has 5 rings (SSSR count). The Morgan fingerprint density at radius 3 is 2.26 bits per heavy atom. The number of nitrogens with one attached hydrogen (secondary N) is 1. The minimum Gasteiger partial charge on any atom is -0.354 e. The second kappa shape index (κ2) is 13.0. The number of carbonyl (C=O) groups is 4. The molecule has 11 nitrogen and oxygen atoms in total. The number of hydrogen-bond donors (Lipinski definition) is 1. The second-order valence-corrected chi connectivity index (χ2v) is 13.4. The molecule has 3 aliphatic heterocycles. The van der Waals surface area contributed by atoms with E-state index in [1.54, 1.807) is 30.1 Å². The summed E-state index contributed by atoms with van der Waals surface area (Å²) in [6, 6.07) is 7.58. The van der Waals surface area contributed by atoms with E-state index in [1.807, 2.05) is 43.0 Å². The predicted octanol–water partition coefficient (Wildman–Crippen LogP) is 2.04. The summed E-state index contributed by atoms with van der Waals surface area (Å²) >= 11 is 2.73. The molecule has 0 bridgehead atoms. The molecule has 2 aromatic heterocycles. The molecule has 224 valence electrons. The molecule has 0 radical (unpaired) electrons. The van der Waals surface area contributed by atoms with Crippen LogP contribution in [0.2, 0.25) is 0 Å². The molecule has 2 unspecified atom stereocenters. The van der Waals surface area contributed by atoms with Gasteiger partial charge in [-0.15, -0.1) is 0 Å². The average molecular weight is 612 g/mol. The lowest BCUT2D eigenvalue weighted by molar-refractivity contribution is -0.134. The number of carbonyl (C=O) groups excluding carboxylic acids is 4. The van der Waals surface area contributed by atoms with Crippen LogP contribution in [0.5, 0.6) is 0 Å². The van der Waals surface area contributed by atoms with E-state index >= 15 is 0 Å². The van der Waals surface area contributed by atoms with Crippen molar-refractivity contribution < 1.29 is 19.2 Å². The van der Waals surface area contributed by atoms with Crippen molar-refractivity contribution >= 4 is 58.5 Å². The van der Waals surface area contributed by atoms with Gasteiger partial charge in [0.1, 0.15) is 10.1 Å². The Bertz CT molecular complexity index is 1370. The highest BCUT2D eigenvalue weighted by Crippen LogP contribution is 2.39. The number of piperazine rings is 1. The molecule has 13 heteroatoms. The van der Waals surface area contributed by atoms with E-state index in [4.69, 9.17) is 4.98 Å². The number of rotatable bonds is 8. The third-order valence-corrected chi connectivity index (χ3v) is 10.0. The van der Waals surface area contributed by atoms with E-state index in [0.717, 1.165) is 53.2 Å². The van der Waals surface area contributed by atoms with Gasteiger partial charge in [0.2, 0.25) is 23.6 Å². The summed E-state index contributed by atoms with van der Waals surface area (Å²) in [6.45, 7) is 7.35. The molecule has 2 aromatic rings. The van der Waals surface area contributed by atoms with Gasteiger partial charge in [-0.1, -0.05) is 23.5 Å². The molecule has 1 fully saturated rings. The van der Waals surface area contributed by atoms with Crippen LogP contribution in [0.15, 0.2) is 40.5 Å². The highest BCUT2D eigenvalue weighted by atomic mass is 32.2. The van der Waals surface area contributed by atoms with E-state index in [2.05, 4.69) is 15.2 Å². The Kier molecular flexibility index (Phi) is 9.38. The molecule has 3 aliphatic rings. The fourth-order valence-electron chi connectivity index (χ4n) is 5.31. The van der Waals surface area contributed by atoms with Gasteiger partial charge in [0.25, 0.3) is 0 Å². The topological polar surface area (TPSA) is 119 Å². The van der Waals surface area contributed by atoms with Crippen molar-refractivity contribution in [2.24, 2.45) is 0 Å². The minimum absolute atomic E-state index is 0.00282. The van der Waals surface area contributed by atoms with Crippen LogP contribution in [0, 0.1) is 0 Å². The van der Waals surface area contributed by atoms with Crippen molar-refractivity contribution in [2.75, 3.05) is 56.6 Å². The lowest BCUT2D eigenvalue weighted by Crippen LogP contribution is -2.50. The molecule has 5 heterocycles. The van der Waals surface area contributed by atoms with Crippen LogP contribution in [0.1, 0.15) is 32.4 Å². The van der Waals surface area contributed by atoms with Crippen molar-refractivity contribution in [3.05, 3.63) is 36.2 Å². The first-order chi connectivity index (χ1) is 20.1. The smallest absolute Gasteiger partial charge is 0.240 e. The Balaban J connectivity index is 1.11. The summed E-state index contributed by atoms with van der Waals surface area (Å²) < 4.78 is 0. The van der Waals surface area contributed by atoms with Gasteiger partial charge in [-0.25, -0.2) is 9.97 Å². The van der Waals surface area contributed by atoms with Gasteiger partial charge in [0, 0.05) is 84.0 Å². The van der Waals surface area contributed by atoms with Crippen LogP contribution in [0.3, 0.4) is 0 Å². The van der Waals surface area contributed by atoms with Crippen LogP contribution in [-0.2, 0) is 25.6 Å². The van der Waals surface area contributed by atoms with Gasteiger partial charge in [0.15, 0.2) is 0 Å².